The molecule has 0 aliphatic heterocycles. The van der Waals surface area contributed by atoms with Crippen LogP contribution in [0.5, 0.6) is 0 Å². The summed E-state index contributed by atoms with van der Waals surface area (Å²) in [5, 5.41) is 2.44. The van der Waals surface area contributed by atoms with E-state index in [4.69, 9.17) is 0 Å². The summed E-state index contributed by atoms with van der Waals surface area (Å²) in [4.78, 5) is 24.4. The van der Waals surface area contributed by atoms with Crippen molar-refractivity contribution in [3.8, 4) is 0 Å². The smallest absolute Gasteiger partial charge is 0.266 e. The quantitative estimate of drug-likeness (QED) is 0.740. The standard InChI is InChI=1S/C19H17F5N2O2/c1-10(12-3-2-4-13(15(12)20)16(21)22)25-17(28)11-5-6-14(27)26(9-11)19(7-8-19)18(23)24/h2-6,9-10,16,18H,7-8H2,1H3,(H,25,28)/t10-/m1/s1. The number of aromatic nitrogens is 1. The Morgan fingerprint density at radius 1 is 1.11 bits per heavy atom. The average molecular weight is 400 g/mol. The molecule has 1 aromatic carbocycles. The van der Waals surface area contributed by atoms with E-state index in [0.29, 0.717) is 0 Å². The molecule has 0 saturated heterocycles. The number of halogens is 5. The molecule has 2 aromatic rings. The monoisotopic (exact) mass is 400 g/mol. The topological polar surface area (TPSA) is 51.1 Å². The molecule has 3 rings (SSSR count). The van der Waals surface area contributed by atoms with Crippen molar-refractivity contribution in [1.29, 1.82) is 0 Å². The first kappa shape index (κ1) is 20.0. The summed E-state index contributed by atoms with van der Waals surface area (Å²) in [6, 6.07) is 4.70. The van der Waals surface area contributed by atoms with Crippen molar-refractivity contribution in [2.45, 2.75) is 44.2 Å². The van der Waals surface area contributed by atoms with Gasteiger partial charge in [-0.3, -0.25) is 9.59 Å². The number of amides is 1. The van der Waals surface area contributed by atoms with Gasteiger partial charge in [0.05, 0.1) is 17.2 Å². The van der Waals surface area contributed by atoms with Crippen LogP contribution in [0.2, 0.25) is 0 Å². The van der Waals surface area contributed by atoms with Gasteiger partial charge in [0.25, 0.3) is 24.3 Å². The van der Waals surface area contributed by atoms with Gasteiger partial charge >= 0.3 is 0 Å². The molecule has 150 valence electrons. The Balaban J connectivity index is 1.85. The average Bonchev–Trinajstić information content (AvgIpc) is 3.43. The first-order valence-electron chi connectivity index (χ1n) is 8.56. The number of hydrogen-bond acceptors (Lipinski definition) is 2. The fraction of sp³-hybridized carbons (Fsp3) is 0.368. The summed E-state index contributed by atoms with van der Waals surface area (Å²) in [6.45, 7) is 1.41. The number of nitrogens with one attached hydrogen (secondary N) is 1. The Kier molecular flexibility index (Phi) is 5.27. The van der Waals surface area contributed by atoms with Crippen LogP contribution in [0, 0.1) is 5.82 Å². The molecule has 1 heterocycles. The van der Waals surface area contributed by atoms with Crippen LogP contribution in [0.25, 0.3) is 0 Å². The molecule has 1 fully saturated rings. The van der Waals surface area contributed by atoms with E-state index in [1.807, 2.05) is 0 Å². The maximum atomic E-state index is 14.2. The van der Waals surface area contributed by atoms with Gasteiger partial charge in [0.2, 0.25) is 0 Å². The second-order valence-corrected chi connectivity index (χ2v) is 6.78. The third-order valence-corrected chi connectivity index (χ3v) is 4.93. The zero-order valence-corrected chi connectivity index (χ0v) is 14.8. The van der Waals surface area contributed by atoms with Crippen molar-refractivity contribution in [2.75, 3.05) is 0 Å². The zero-order valence-electron chi connectivity index (χ0n) is 14.8. The number of carbonyl (C=O) groups is 1. The van der Waals surface area contributed by atoms with Gasteiger partial charge in [-0.2, -0.15) is 0 Å². The van der Waals surface area contributed by atoms with Gasteiger partial charge in [-0.25, -0.2) is 22.0 Å². The van der Waals surface area contributed by atoms with E-state index in [9.17, 15) is 31.5 Å². The normalized spacial score (nSPS) is 16.3. The Morgan fingerprint density at radius 3 is 2.32 bits per heavy atom. The molecule has 1 N–H and O–H groups in total. The summed E-state index contributed by atoms with van der Waals surface area (Å²) >= 11 is 0. The molecule has 4 nitrogen and oxygen atoms in total. The van der Waals surface area contributed by atoms with Crippen LogP contribution in [-0.4, -0.2) is 16.9 Å². The number of rotatable bonds is 6. The second kappa shape index (κ2) is 7.37. The van der Waals surface area contributed by atoms with Gasteiger partial charge in [-0.1, -0.05) is 18.2 Å². The lowest BCUT2D eigenvalue weighted by Gasteiger charge is -2.20. The molecule has 1 amide bonds. The van der Waals surface area contributed by atoms with Crippen molar-refractivity contribution in [3.05, 3.63) is 69.4 Å². The Hall–Kier alpha value is -2.71. The fourth-order valence-corrected chi connectivity index (χ4v) is 3.09. The molecule has 0 spiro atoms. The number of nitrogens with zero attached hydrogens (tertiary/aromatic N) is 1. The molecule has 1 aromatic heterocycles. The van der Waals surface area contributed by atoms with E-state index >= 15 is 0 Å². The van der Waals surface area contributed by atoms with Gasteiger partial charge in [0.1, 0.15) is 11.4 Å². The highest BCUT2D eigenvalue weighted by molar-refractivity contribution is 5.94. The Labute approximate surface area is 157 Å². The molecule has 28 heavy (non-hydrogen) atoms. The lowest BCUT2D eigenvalue weighted by Crippen LogP contribution is -2.36. The van der Waals surface area contributed by atoms with E-state index in [-0.39, 0.29) is 24.0 Å². The van der Waals surface area contributed by atoms with Crippen LogP contribution in [0.4, 0.5) is 22.0 Å². The highest BCUT2D eigenvalue weighted by Gasteiger charge is 2.53. The van der Waals surface area contributed by atoms with Gasteiger partial charge in [0.15, 0.2) is 0 Å². The van der Waals surface area contributed by atoms with Crippen LogP contribution in [0.15, 0.2) is 41.3 Å². The van der Waals surface area contributed by atoms with E-state index in [1.54, 1.807) is 0 Å². The van der Waals surface area contributed by atoms with Crippen molar-refractivity contribution in [1.82, 2.24) is 9.88 Å². The second-order valence-electron chi connectivity index (χ2n) is 6.78. The Morgan fingerprint density at radius 2 is 1.75 bits per heavy atom. The molecule has 1 atom stereocenters. The summed E-state index contributed by atoms with van der Waals surface area (Å²) in [6.07, 6.45) is -4.46. The molecular weight excluding hydrogens is 383 g/mol. The molecule has 0 unspecified atom stereocenters. The zero-order chi connectivity index (χ0) is 20.6. The molecule has 0 radical (unpaired) electrons. The van der Waals surface area contributed by atoms with Gasteiger partial charge in [0, 0.05) is 17.8 Å². The minimum Gasteiger partial charge on any atom is -0.345 e. The van der Waals surface area contributed by atoms with Gasteiger partial charge < -0.3 is 9.88 Å². The van der Waals surface area contributed by atoms with Crippen LogP contribution in [0.1, 0.15) is 53.7 Å². The van der Waals surface area contributed by atoms with Crippen molar-refractivity contribution >= 4 is 5.91 Å². The lowest BCUT2D eigenvalue weighted by atomic mass is 10.0. The Bertz CT molecular complexity index is 954. The number of carbonyl (C=O) groups excluding carboxylic acids is 1. The minimum absolute atomic E-state index is 0.0659. The largest absolute Gasteiger partial charge is 0.345 e. The van der Waals surface area contributed by atoms with Crippen molar-refractivity contribution < 1.29 is 26.7 Å². The molecule has 0 bridgehead atoms. The fourth-order valence-electron chi connectivity index (χ4n) is 3.09. The maximum Gasteiger partial charge on any atom is 0.266 e. The summed E-state index contributed by atoms with van der Waals surface area (Å²) in [7, 11) is 0. The van der Waals surface area contributed by atoms with Crippen molar-refractivity contribution in [2.24, 2.45) is 0 Å². The van der Waals surface area contributed by atoms with Crippen molar-refractivity contribution in [3.63, 3.8) is 0 Å². The first-order valence-corrected chi connectivity index (χ1v) is 8.56. The molecule has 9 heteroatoms. The van der Waals surface area contributed by atoms with Crippen LogP contribution < -0.4 is 10.9 Å². The third kappa shape index (κ3) is 3.53. The molecule has 1 aliphatic rings. The predicted octanol–water partition coefficient (Wildman–Crippen LogP) is 4.17. The third-order valence-electron chi connectivity index (χ3n) is 4.93. The highest BCUT2D eigenvalue weighted by atomic mass is 19.3. The maximum absolute atomic E-state index is 14.2. The predicted molar refractivity (Wildman–Crippen MR) is 91.2 cm³/mol. The van der Waals surface area contributed by atoms with Gasteiger partial charge in [-0.15, -0.1) is 0 Å². The minimum atomic E-state index is -3.00. The SMILES string of the molecule is C[C@@H](NC(=O)c1ccc(=O)n(C2(C(F)F)CC2)c1)c1cccc(C(F)F)c1F. The van der Waals surface area contributed by atoms with Gasteiger partial charge in [-0.05, 0) is 25.8 Å². The first-order chi connectivity index (χ1) is 13.2. The number of benzene rings is 1. The van der Waals surface area contributed by atoms with E-state index in [1.165, 1.54) is 25.1 Å². The van der Waals surface area contributed by atoms with E-state index in [2.05, 4.69) is 5.32 Å². The number of pyridine rings is 1. The highest BCUT2D eigenvalue weighted by Crippen LogP contribution is 2.47. The molecule has 1 saturated carbocycles. The van der Waals surface area contributed by atoms with Crippen LogP contribution >= 0.6 is 0 Å². The van der Waals surface area contributed by atoms with E-state index in [0.717, 1.165) is 22.9 Å². The van der Waals surface area contributed by atoms with Crippen LogP contribution in [-0.2, 0) is 5.54 Å². The lowest BCUT2D eigenvalue weighted by molar-refractivity contribution is 0.0648. The molecular formula is C19H17F5N2O2. The van der Waals surface area contributed by atoms with E-state index < -0.39 is 47.3 Å². The summed E-state index contributed by atoms with van der Waals surface area (Å²) < 4.78 is 67.4. The summed E-state index contributed by atoms with van der Waals surface area (Å²) in [5.41, 5.74) is -3.23. The molecule has 1 aliphatic carbocycles. The number of alkyl halides is 4. The number of hydrogen-bond donors (Lipinski definition) is 1. The summed E-state index contributed by atoms with van der Waals surface area (Å²) in [5.74, 6) is -1.86. The van der Waals surface area contributed by atoms with Crippen LogP contribution in [0.3, 0.4) is 0 Å².